The van der Waals surface area contributed by atoms with Gasteiger partial charge in [-0.3, -0.25) is 4.90 Å². The third-order valence-corrected chi connectivity index (χ3v) is 4.08. The molecule has 0 radical (unpaired) electrons. The van der Waals surface area contributed by atoms with Crippen LogP contribution in [0.2, 0.25) is 5.02 Å². The van der Waals surface area contributed by atoms with Crippen molar-refractivity contribution in [3.8, 4) is 0 Å². The Labute approximate surface area is 124 Å². The lowest BCUT2D eigenvalue weighted by atomic mass is 10.1. The maximum absolute atomic E-state index is 6.35. The number of hydrogen-bond donors (Lipinski definition) is 1. The van der Waals surface area contributed by atoms with Gasteiger partial charge in [-0.2, -0.15) is 0 Å². The van der Waals surface area contributed by atoms with Crippen molar-refractivity contribution < 1.29 is 4.42 Å². The topological polar surface area (TPSA) is 42.4 Å². The predicted molar refractivity (Wildman–Crippen MR) is 80.3 cm³/mol. The fourth-order valence-corrected chi connectivity index (χ4v) is 2.68. The molecule has 106 valence electrons. The van der Waals surface area contributed by atoms with E-state index < -0.39 is 0 Å². The molecule has 3 nitrogen and oxygen atoms in total. The Hall–Kier alpha value is -1.29. The third-order valence-electron chi connectivity index (χ3n) is 3.73. The zero-order valence-corrected chi connectivity index (χ0v) is 12.1. The first-order valence-electron chi connectivity index (χ1n) is 7.00. The maximum Gasteiger partial charge on any atom is 0.117 e. The molecule has 1 aromatic carbocycles. The van der Waals surface area contributed by atoms with Crippen molar-refractivity contribution in [3.05, 3.63) is 58.5 Å². The number of rotatable bonds is 6. The van der Waals surface area contributed by atoms with Crippen LogP contribution < -0.4 is 5.73 Å². The molecule has 1 fully saturated rings. The van der Waals surface area contributed by atoms with Crippen LogP contribution in [0.4, 0.5) is 0 Å². The first kappa shape index (κ1) is 13.7. The molecule has 1 heterocycles. The minimum Gasteiger partial charge on any atom is -0.468 e. The van der Waals surface area contributed by atoms with E-state index in [0.717, 1.165) is 35.0 Å². The van der Waals surface area contributed by atoms with Crippen LogP contribution in [0.25, 0.3) is 0 Å². The van der Waals surface area contributed by atoms with Crippen molar-refractivity contribution in [2.24, 2.45) is 5.73 Å². The summed E-state index contributed by atoms with van der Waals surface area (Å²) in [5, 5.41) is 0.804. The number of furan rings is 1. The van der Waals surface area contributed by atoms with E-state index in [2.05, 4.69) is 17.0 Å². The lowest BCUT2D eigenvalue weighted by Gasteiger charge is -2.21. The normalized spacial score (nSPS) is 14.9. The fraction of sp³-hybridized carbons (Fsp3) is 0.375. The Balaban J connectivity index is 1.73. The van der Waals surface area contributed by atoms with Gasteiger partial charge in [0.25, 0.3) is 0 Å². The van der Waals surface area contributed by atoms with Crippen molar-refractivity contribution in [1.82, 2.24) is 4.90 Å². The van der Waals surface area contributed by atoms with Crippen LogP contribution in [0.15, 0.2) is 41.0 Å². The minimum atomic E-state index is 0.527. The van der Waals surface area contributed by atoms with E-state index in [4.69, 9.17) is 21.8 Å². The molecule has 1 aliphatic carbocycles. The van der Waals surface area contributed by atoms with E-state index in [-0.39, 0.29) is 0 Å². The second-order valence-corrected chi connectivity index (χ2v) is 5.75. The summed E-state index contributed by atoms with van der Waals surface area (Å²) < 4.78 is 5.46. The smallest absolute Gasteiger partial charge is 0.117 e. The summed E-state index contributed by atoms with van der Waals surface area (Å²) >= 11 is 6.35. The van der Waals surface area contributed by atoms with Crippen LogP contribution in [0.3, 0.4) is 0 Å². The highest BCUT2D eigenvalue weighted by atomic mass is 35.5. The average Bonchev–Trinajstić information content (AvgIpc) is 3.18. The zero-order chi connectivity index (χ0) is 13.9. The summed E-state index contributed by atoms with van der Waals surface area (Å²) in [6.07, 6.45) is 4.25. The number of nitrogens with two attached hydrogens (primary N) is 1. The Morgan fingerprint density at radius 3 is 2.70 bits per heavy atom. The number of halogens is 1. The van der Waals surface area contributed by atoms with E-state index in [1.54, 1.807) is 6.26 Å². The summed E-state index contributed by atoms with van der Waals surface area (Å²) in [6, 6.07) is 10.7. The molecule has 0 atom stereocenters. The van der Waals surface area contributed by atoms with Gasteiger partial charge in [0.15, 0.2) is 0 Å². The predicted octanol–water partition coefficient (Wildman–Crippen LogP) is 3.56. The van der Waals surface area contributed by atoms with Crippen LogP contribution in [-0.4, -0.2) is 10.9 Å². The highest BCUT2D eigenvalue weighted by Crippen LogP contribution is 2.31. The summed E-state index contributed by atoms with van der Waals surface area (Å²) in [5.41, 5.74) is 7.86. The average molecular weight is 291 g/mol. The van der Waals surface area contributed by atoms with Crippen molar-refractivity contribution in [2.45, 2.75) is 38.5 Å². The Morgan fingerprint density at radius 1 is 1.25 bits per heavy atom. The van der Waals surface area contributed by atoms with E-state index in [1.807, 2.05) is 18.2 Å². The second kappa shape index (κ2) is 6.00. The molecule has 0 spiro atoms. The van der Waals surface area contributed by atoms with Crippen LogP contribution in [0, 0.1) is 0 Å². The highest BCUT2D eigenvalue weighted by Gasteiger charge is 2.29. The van der Waals surface area contributed by atoms with Gasteiger partial charge in [0.1, 0.15) is 5.76 Å². The molecule has 1 aliphatic rings. The first-order chi connectivity index (χ1) is 9.76. The Kier molecular flexibility index (Phi) is 4.10. The van der Waals surface area contributed by atoms with Gasteiger partial charge < -0.3 is 10.2 Å². The molecule has 0 aliphatic heterocycles. The molecule has 4 heteroatoms. The van der Waals surface area contributed by atoms with Crippen LogP contribution in [0.1, 0.15) is 29.7 Å². The largest absolute Gasteiger partial charge is 0.468 e. The molecule has 2 N–H and O–H groups in total. The number of nitrogens with zero attached hydrogens (tertiary/aromatic N) is 1. The monoisotopic (exact) mass is 290 g/mol. The standard InChI is InChI=1S/C16H19ClN2O/c17-16-8-12(9-18)3-4-13(16)10-19(14-5-6-14)11-15-2-1-7-20-15/h1-4,7-8,14H,5-6,9-11,18H2. The maximum atomic E-state index is 6.35. The van der Waals surface area contributed by atoms with E-state index in [1.165, 1.54) is 12.8 Å². The quantitative estimate of drug-likeness (QED) is 0.884. The van der Waals surface area contributed by atoms with Gasteiger partial charge in [-0.25, -0.2) is 0 Å². The molecule has 20 heavy (non-hydrogen) atoms. The number of benzene rings is 1. The Morgan fingerprint density at radius 2 is 2.10 bits per heavy atom. The van der Waals surface area contributed by atoms with Gasteiger partial charge >= 0.3 is 0 Å². The summed E-state index contributed by atoms with van der Waals surface area (Å²) in [6.45, 7) is 2.22. The van der Waals surface area contributed by atoms with Crippen molar-refractivity contribution >= 4 is 11.6 Å². The van der Waals surface area contributed by atoms with Gasteiger partial charge in [-0.1, -0.05) is 23.7 Å². The van der Waals surface area contributed by atoms with Crippen molar-refractivity contribution in [3.63, 3.8) is 0 Å². The summed E-state index contributed by atoms with van der Waals surface area (Å²) in [4.78, 5) is 2.43. The van der Waals surface area contributed by atoms with Crippen molar-refractivity contribution in [1.29, 1.82) is 0 Å². The highest BCUT2D eigenvalue weighted by molar-refractivity contribution is 6.31. The van der Waals surface area contributed by atoms with E-state index >= 15 is 0 Å². The zero-order valence-electron chi connectivity index (χ0n) is 11.4. The van der Waals surface area contributed by atoms with Crippen molar-refractivity contribution in [2.75, 3.05) is 0 Å². The van der Waals surface area contributed by atoms with Gasteiger partial charge in [-0.05, 0) is 42.2 Å². The van der Waals surface area contributed by atoms with Gasteiger partial charge in [0.2, 0.25) is 0 Å². The molecular weight excluding hydrogens is 272 g/mol. The third kappa shape index (κ3) is 3.23. The lowest BCUT2D eigenvalue weighted by molar-refractivity contribution is 0.225. The van der Waals surface area contributed by atoms with Gasteiger partial charge in [0, 0.05) is 24.2 Å². The second-order valence-electron chi connectivity index (χ2n) is 5.35. The molecule has 0 unspecified atom stereocenters. The summed E-state index contributed by atoms with van der Waals surface area (Å²) in [7, 11) is 0. The summed E-state index contributed by atoms with van der Waals surface area (Å²) in [5.74, 6) is 1.01. The lowest BCUT2D eigenvalue weighted by Crippen LogP contribution is -2.25. The SMILES string of the molecule is NCc1ccc(CN(Cc2ccco2)C2CC2)c(Cl)c1. The first-order valence-corrected chi connectivity index (χ1v) is 7.38. The molecule has 2 aromatic rings. The molecule has 0 bridgehead atoms. The fourth-order valence-electron chi connectivity index (χ4n) is 2.42. The van der Waals surface area contributed by atoms with Crippen LogP contribution in [0.5, 0.6) is 0 Å². The molecule has 1 saturated carbocycles. The Bertz CT molecular complexity index is 564. The minimum absolute atomic E-state index is 0.527. The van der Waals surface area contributed by atoms with E-state index in [9.17, 15) is 0 Å². The molecule has 0 amide bonds. The van der Waals surface area contributed by atoms with Crippen LogP contribution in [-0.2, 0) is 19.6 Å². The molecule has 3 rings (SSSR count). The van der Waals surface area contributed by atoms with E-state index in [0.29, 0.717) is 12.6 Å². The van der Waals surface area contributed by atoms with Gasteiger partial charge in [-0.15, -0.1) is 0 Å². The molecule has 1 aromatic heterocycles. The molecular formula is C16H19ClN2O. The molecule has 0 saturated heterocycles. The van der Waals surface area contributed by atoms with Gasteiger partial charge in [0.05, 0.1) is 12.8 Å². The van der Waals surface area contributed by atoms with Crippen LogP contribution >= 0.6 is 11.6 Å². The number of hydrogen-bond acceptors (Lipinski definition) is 3.